The topological polar surface area (TPSA) is 81.7 Å². The van der Waals surface area contributed by atoms with Crippen molar-refractivity contribution in [1.29, 1.82) is 0 Å². The van der Waals surface area contributed by atoms with Crippen molar-refractivity contribution in [1.82, 2.24) is 5.32 Å². The van der Waals surface area contributed by atoms with Gasteiger partial charge in [0.1, 0.15) is 0 Å². The Bertz CT molecular complexity index is 947. The molecule has 1 heterocycles. The predicted molar refractivity (Wildman–Crippen MR) is 116 cm³/mol. The molecule has 4 rings (SSSR count). The number of benzene rings is 2. The van der Waals surface area contributed by atoms with E-state index in [1.165, 1.54) is 0 Å². The molecule has 1 fully saturated rings. The minimum absolute atomic E-state index is 0.0204. The number of carbonyl (C=O) groups is 2. The summed E-state index contributed by atoms with van der Waals surface area (Å²) in [5, 5.41) is 18.0. The largest absolute Gasteiger partial charge is 0.359 e. The molecule has 1 saturated carbocycles. The number of urea groups is 1. The van der Waals surface area contributed by atoms with Crippen LogP contribution in [0.25, 0.3) is 0 Å². The summed E-state index contributed by atoms with van der Waals surface area (Å²) in [4.78, 5) is 27.5. The van der Waals surface area contributed by atoms with Crippen LogP contribution in [0.5, 0.6) is 0 Å². The first-order valence-corrected chi connectivity index (χ1v) is 10.8. The molecule has 1 aliphatic carbocycles. The van der Waals surface area contributed by atoms with E-state index in [-0.39, 0.29) is 6.04 Å². The highest BCUT2D eigenvalue weighted by Crippen LogP contribution is 2.41. The average molecular weight is 479 g/mol. The number of halogens is 2. The Hall–Kier alpha value is -2.09. The summed E-state index contributed by atoms with van der Waals surface area (Å²) in [6.07, 6.45) is 4.94. The number of nitrogens with one attached hydrogen (secondary N) is 2. The Labute approximate surface area is 182 Å². The molecule has 2 aromatic carbocycles. The summed E-state index contributed by atoms with van der Waals surface area (Å²) < 4.78 is 0.687. The summed E-state index contributed by atoms with van der Waals surface area (Å²) >= 11 is 9.38. The molecule has 152 valence electrons. The van der Waals surface area contributed by atoms with Gasteiger partial charge in [-0.25, -0.2) is 4.79 Å². The molecular weight excluding hydrogens is 458 g/mol. The summed E-state index contributed by atoms with van der Waals surface area (Å²) in [7, 11) is 0. The van der Waals surface area contributed by atoms with Crippen LogP contribution in [0.4, 0.5) is 16.2 Å². The van der Waals surface area contributed by atoms with Gasteiger partial charge in [0.25, 0.3) is 11.6 Å². The van der Waals surface area contributed by atoms with Crippen LogP contribution in [0.2, 0.25) is 5.02 Å². The number of nitrogens with zero attached hydrogens (tertiary/aromatic N) is 1. The number of aliphatic hydroxyl groups is 1. The number of hydrogen-bond donors (Lipinski definition) is 3. The lowest BCUT2D eigenvalue weighted by Gasteiger charge is -2.43. The fourth-order valence-corrected chi connectivity index (χ4v) is 4.49. The van der Waals surface area contributed by atoms with E-state index in [4.69, 9.17) is 11.6 Å². The standard InChI is InChI=1S/C21H21BrClN3O3/c22-13-6-11-18-17(12-13)21(29,19(27)24-15-4-2-1-3-5-15)26(20(28)25-18)16-9-7-14(23)8-10-16/h6-12,15,29H,1-5H2,(H,24,27)(H,25,28). The first-order valence-electron chi connectivity index (χ1n) is 9.60. The molecule has 1 atom stereocenters. The minimum atomic E-state index is -2.20. The molecule has 1 unspecified atom stereocenters. The summed E-state index contributed by atoms with van der Waals surface area (Å²) in [6.45, 7) is 0. The monoisotopic (exact) mass is 477 g/mol. The maximum absolute atomic E-state index is 13.4. The molecule has 3 N–H and O–H groups in total. The van der Waals surface area contributed by atoms with Crippen LogP contribution in [0.15, 0.2) is 46.9 Å². The smallest absolute Gasteiger partial charge is 0.329 e. The molecule has 0 aromatic heterocycles. The van der Waals surface area contributed by atoms with Crippen LogP contribution >= 0.6 is 27.5 Å². The first-order chi connectivity index (χ1) is 13.9. The van der Waals surface area contributed by atoms with Crippen molar-refractivity contribution >= 4 is 50.8 Å². The number of rotatable bonds is 3. The van der Waals surface area contributed by atoms with Gasteiger partial charge in [-0.3, -0.25) is 9.69 Å². The number of fused-ring (bicyclic) bond motifs is 1. The van der Waals surface area contributed by atoms with Crippen molar-refractivity contribution in [2.24, 2.45) is 0 Å². The number of amides is 3. The van der Waals surface area contributed by atoms with Crippen molar-refractivity contribution in [2.75, 3.05) is 10.2 Å². The highest BCUT2D eigenvalue weighted by Gasteiger charge is 2.52. The van der Waals surface area contributed by atoms with Crippen molar-refractivity contribution in [2.45, 2.75) is 43.9 Å². The molecule has 2 aromatic rings. The second-order valence-electron chi connectivity index (χ2n) is 7.41. The second-order valence-corrected chi connectivity index (χ2v) is 8.76. The van der Waals surface area contributed by atoms with E-state index >= 15 is 0 Å². The van der Waals surface area contributed by atoms with E-state index in [9.17, 15) is 14.7 Å². The maximum Gasteiger partial charge on any atom is 0.329 e. The first kappa shape index (κ1) is 20.2. The molecule has 1 aliphatic heterocycles. The molecule has 0 bridgehead atoms. The van der Waals surface area contributed by atoms with Crippen molar-refractivity contribution in [3.8, 4) is 0 Å². The second kappa shape index (κ2) is 7.97. The van der Waals surface area contributed by atoms with Crippen LogP contribution in [-0.4, -0.2) is 23.1 Å². The average Bonchev–Trinajstić information content (AvgIpc) is 2.71. The number of anilines is 2. The van der Waals surface area contributed by atoms with Crippen molar-refractivity contribution in [3.63, 3.8) is 0 Å². The third-order valence-corrected chi connectivity index (χ3v) is 6.21. The zero-order valence-electron chi connectivity index (χ0n) is 15.6. The zero-order chi connectivity index (χ0) is 20.6. The number of carbonyl (C=O) groups excluding carboxylic acids is 2. The Morgan fingerprint density at radius 1 is 1.17 bits per heavy atom. The quantitative estimate of drug-likeness (QED) is 0.595. The highest BCUT2D eigenvalue weighted by molar-refractivity contribution is 9.10. The number of hydrogen-bond acceptors (Lipinski definition) is 3. The van der Waals surface area contributed by atoms with Gasteiger partial charge >= 0.3 is 6.03 Å². The van der Waals surface area contributed by atoms with Crippen molar-refractivity contribution in [3.05, 3.63) is 57.5 Å². The fraction of sp³-hybridized carbons (Fsp3) is 0.333. The highest BCUT2D eigenvalue weighted by atomic mass is 79.9. The van der Waals surface area contributed by atoms with Gasteiger partial charge in [0, 0.05) is 26.8 Å². The van der Waals surface area contributed by atoms with Crippen molar-refractivity contribution < 1.29 is 14.7 Å². The van der Waals surface area contributed by atoms with Gasteiger partial charge in [0.15, 0.2) is 0 Å². The van der Waals surface area contributed by atoms with E-state index in [0.29, 0.717) is 26.4 Å². The summed E-state index contributed by atoms with van der Waals surface area (Å²) in [5.41, 5.74) is -1.15. The van der Waals surface area contributed by atoms with E-state index in [1.54, 1.807) is 42.5 Å². The molecule has 0 radical (unpaired) electrons. The Balaban J connectivity index is 1.81. The molecule has 3 amide bonds. The van der Waals surface area contributed by atoms with Gasteiger partial charge in [-0.1, -0.05) is 46.8 Å². The minimum Gasteiger partial charge on any atom is -0.359 e. The lowest BCUT2D eigenvalue weighted by atomic mass is 9.92. The van der Waals surface area contributed by atoms with E-state index in [1.807, 2.05) is 0 Å². The molecule has 2 aliphatic rings. The van der Waals surface area contributed by atoms with Gasteiger partial charge in [0.05, 0.1) is 5.69 Å². The third kappa shape index (κ3) is 3.74. The van der Waals surface area contributed by atoms with Crippen LogP contribution in [0.1, 0.15) is 37.7 Å². The molecule has 0 saturated heterocycles. The lowest BCUT2D eigenvalue weighted by Crippen LogP contribution is -2.63. The molecule has 6 nitrogen and oxygen atoms in total. The van der Waals surface area contributed by atoms with Gasteiger partial charge in [-0.05, 0) is 55.3 Å². The van der Waals surface area contributed by atoms with Gasteiger partial charge < -0.3 is 15.7 Å². The predicted octanol–water partition coefficient (Wildman–Crippen LogP) is 4.75. The molecule has 0 spiro atoms. The van der Waals surface area contributed by atoms with E-state index in [0.717, 1.165) is 37.0 Å². The Morgan fingerprint density at radius 3 is 2.55 bits per heavy atom. The molecule has 8 heteroatoms. The fourth-order valence-electron chi connectivity index (χ4n) is 4.00. The van der Waals surface area contributed by atoms with Crippen LogP contribution in [0, 0.1) is 0 Å². The SMILES string of the molecule is O=C1Nc2ccc(Br)cc2C(O)(C(=O)NC2CCCCC2)N1c1ccc(Cl)cc1. The van der Waals surface area contributed by atoms with Crippen LogP contribution in [-0.2, 0) is 10.5 Å². The van der Waals surface area contributed by atoms with Gasteiger partial charge in [0.2, 0.25) is 0 Å². The van der Waals surface area contributed by atoms with E-state index in [2.05, 4.69) is 26.6 Å². The third-order valence-electron chi connectivity index (χ3n) is 5.47. The van der Waals surface area contributed by atoms with Gasteiger partial charge in [-0.15, -0.1) is 0 Å². The van der Waals surface area contributed by atoms with Gasteiger partial charge in [-0.2, -0.15) is 0 Å². The van der Waals surface area contributed by atoms with E-state index < -0.39 is 17.7 Å². The van der Waals surface area contributed by atoms with Crippen LogP contribution < -0.4 is 15.5 Å². The molecule has 29 heavy (non-hydrogen) atoms. The Morgan fingerprint density at radius 2 is 1.86 bits per heavy atom. The summed E-state index contributed by atoms with van der Waals surface area (Å²) in [5.74, 6) is -0.617. The summed E-state index contributed by atoms with van der Waals surface area (Å²) in [6, 6.07) is 10.9. The van der Waals surface area contributed by atoms with Crippen LogP contribution in [0.3, 0.4) is 0 Å². The maximum atomic E-state index is 13.4. The molecular formula is C21H21BrClN3O3. The zero-order valence-corrected chi connectivity index (χ0v) is 18.0. The Kier molecular flexibility index (Phi) is 5.55. The lowest BCUT2D eigenvalue weighted by molar-refractivity contribution is -0.141. The normalized spacial score (nSPS) is 22.0.